The molecule has 0 heterocycles. The Hall–Kier alpha value is -2.08. The summed E-state index contributed by atoms with van der Waals surface area (Å²) in [6.45, 7) is 0. The maximum Gasteiger partial charge on any atom is -0.0184 e. The highest BCUT2D eigenvalue weighted by atomic mass is 14.0. The van der Waals surface area contributed by atoms with Crippen molar-refractivity contribution in [2.24, 2.45) is 0 Å². The van der Waals surface area contributed by atoms with Gasteiger partial charge in [-0.15, -0.1) is 0 Å². The zero-order valence-electron chi connectivity index (χ0n) is 11.9. The normalized spacial score (nSPS) is 17.0. The summed E-state index contributed by atoms with van der Waals surface area (Å²) in [7, 11) is 0. The van der Waals surface area contributed by atoms with Crippen molar-refractivity contribution in [3.05, 3.63) is 85.0 Å². The molecule has 0 atom stereocenters. The van der Waals surface area contributed by atoms with Gasteiger partial charge in [-0.3, -0.25) is 0 Å². The van der Waals surface area contributed by atoms with Crippen molar-refractivity contribution >= 4 is 0 Å². The minimum atomic E-state index is 1.27. The second-order valence-electron chi connectivity index (χ2n) is 4.87. The number of allylic oxidation sites excluding steroid dienone is 4. The molecule has 0 bridgehead atoms. The predicted molar refractivity (Wildman–Crippen MR) is 88.6 cm³/mol. The molecule has 20 heavy (non-hydrogen) atoms. The van der Waals surface area contributed by atoms with Crippen LogP contribution in [0.4, 0.5) is 0 Å². The highest BCUT2D eigenvalue weighted by Gasteiger charge is 1.91. The second kappa shape index (κ2) is 8.92. The standard InChI is InChI=1S/C12H10.C8H12/c1-3-7-11(8-4-1)12-9-5-2-6-10-12;1-2-4-6-8-7-5-3-1/h1-10H;1-4H,5-8H2/b;3-1-,4-2-. The summed E-state index contributed by atoms with van der Waals surface area (Å²) in [5.41, 5.74) is 2.55. The van der Waals surface area contributed by atoms with Crippen molar-refractivity contribution in [1.29, 1.82) is 0 Å². The van der Waals surface area contributed by atoms with Crippen molar-refractivity contribution in [3.8, 4) is 11.1 Å². The van der Waals surface area contributed by atoms with Gasteiger partial charge in [0.25, 0.3) is 0 Å². The Labute approximate surface area is 122 Å². The van der Waals surface area contributed by atoms with Gasteiger partial charge in [0, 0.05) is 0 Å². The molecule has 0 saturated carbocycles. The Morgan fingerprint density at radius 2 is 0.900 bits per heavy atom. The molecule has 2 aromatic rings. The summed E-state index contributed by atoms with van der Waals surface area (Å²) < 4.78 is 0. The summed E-state index contributed by atoms with van der Waals surface area (Å²) in [5.74, 6) is 0. The molecule has 102 valence electrons. The quantitative estimate of drug-likeness (QED) is 0.589. The Balaban J connectivity index is 0.000000160. The number of hydrogen-bond acceptors (Lipinski definition) is 0. The van der Waals surface area contributed by atoms with Crippen LogP contribution in [-0.2, 0) is 0 Å². The SMILES string of the molecule is C1=C\CCCC\C=C/1.c1ccc(-c2ccccc2)cc1. The highest BCUT2D eigenvalue weighted by molar-refractivity contribution is 5.62. The summed E-state index contributed by atoms with van der Waals surface area (Å²) in [6.07, 6.45) is 14.0. The number of benzene rings is 2. The van der Waals surface area contributed by atoms with Crippen molar-refractivity contribution < 1.29 is 0 Å². The van der Waals surface area contributed by atoms with E-state index < -0.39 is 0 Å². The van der Waals surface area contributed by atoms with Gasteiger partial charge < -0.3 is 0 Å². The first-order chi connectivity index (χ1) is 9.97. The van der Waals surface area contributed by atoms with Crippen LogP contribution >= 0.6 is 0 Å². The molecule has 0 fully saturated rings. The van der Waals surface area contributed by atoms with Crippen LogP contribution < -0.4 is 0 Å². The molecule has 0 N–H and O–H groups in total. The molecule has 0 radical (unpaired) electrons. The van der Waals surface area contributed by atoms with E-state index in [-0.39, 0.29) is 0 Å². The van der Waals surface area contributed by atoms with Crippen molar-refractivity contribution in [3.63, 3.8) is 0 Å². The van der Waals surface area contributed by atoms with Crippen LogP contribution in [0.1, 0.15) is 25.7 Å². The monoisotopic (exact) mass is 262 g/mol. The lowest BCUT2D eigenvalue weighted by Gasteiger charge is -1.98. The molecule has 0 nitrogen and oxygen atoms in total. The highest BCUT2D eigenvalue weighted by Crippen LogP contribution is 2.17. The molecule has 2 aromatic carbocycles. The van der Waals surface area contributed by atoms with E-state index in [0.29, 0.717) is 0 Å². The van der Waals surface area contributed by atoms with Crippen LogP contribution in [0.15, 0.2) is 85.0 Å². The Morgan fingerprint density at radius 3 is 1.30 bits per heavy atom. The molecule has 0 amide bonds. The minimum Gasteiger partial charge on any atom is -0.0845 e. The molecule has 0 spiro atoms. The molecule has 1 aliphatic rings. The van der Waals surface area contributed by atoms with E-state index in [1.807, 2.05) is 12.1 Å². The fraction of sp³-hybridized carbons (Fsp3) is 0.200. The smallest absolute Gasteiger partial charge is 0.0184 e. The lowest BCUT2D eigenvalue weighted by atomic mass is 10.1. The van der Waals surface area contributed by atoms with Gasteiger partial charge in [-0.2, -0.15) is 0 Å². The van der Waals surface area contributed by atoms with Crippen molar-refractivity contribution in [2.75, 3.05) is 0 Å². The second-order valence-corrected chi connectivity index (χ2v) is 4.87. The van der Waals surface area contributed by atoms with Crippen LogP contribution in [-0.4, -0.2) is 0 Å². The van der Waals surface area contributed by atoms with Gasteiger partial charge in [-0.05, 0) is 36.8 Å². The zero-order valence-corrected chi connectivity index (χ0v) is 11.9. The molecule has 0 aromatic heterocycles. The fourth-order valence-corrected chi connectivity index (χ4v) is 2.14. The van der Waals surface area contributed by atoms with E-state index in [1.54, 1.807) is 0 Å². The van der Waals surface area contributed by atoms with Crippen LogP contribution in [0.25, 0.3) is 11.1 Å². The van der Waals surface area contributed by atoms with Crippen LogP contribution in [0.3, 0.4) is 0 Å². The summed E-state index contributed by atoms with van der Waals surface area (Å²) in [6, 6.07) is 20.8. The average molecular weight is 262 g/mol. The summed E-state index contributed by atoms with van der Waals surface area (Å²) in [5, 5.41) is 0. The molecule has 3 rings (SSSR count). The third-order valence-electron chi connectivity index (χ3n) is 3.26. The van der Waals surface area contributed by atoms with E-state index in [9.17, 15) is 0 Å². The van der Waals surface area contributed by atoms with Gasteiger partial charge in [0.05, 0.1) is 0 Å². The van der Waals surface area contributed by atoms with E-state index in [0.717, 1.165) is 0 Å². The van der Waals surface area contributed by atoms with Crippen molar-refractivity contribution in [1.82, 2.24) is 0 Å². The zero-order chi connectivity index (χ0) is 13.9. The molecule has 1 aliphatic carbocycles. The van der Waals surface area contributed by atoms with Gasteiger partial charge in [0.15, 0.2) is 0 Å². The third-order valence-corrected chi connectivity index (χ3v) is 3.26. The first-order valence-electron chi connectivity index (χ1n) is 7.39. The fourth-order valence-electron chi connectivity index (χ4n) is 2.14. The van der Waals surface area contributed by atoms with Gasteiger partial charge in [-0.25, -0.2) is 0 Å². The van der Waals surface area contributed by atoms with Gasteiger partial charge in [-0.1, -0.05) is 85.0 Å². The molecular formula is C20H22. The summed E-state index contributed by atoms with van der Waals surface area (Å²) in [4.78, 5) is 0. The van der Waals surface area contributed by atoms with Crippen LogP contribution in [0.5, 0.6) is 0 Å². The average Bonchev–Trinajstić information content (AvgIpc) is 2.49. The van der Waals surface area contributed by atoms with Gasteiger partial charge >= 0.3 is 0 Å². The Kier molecular flexibility index (Phi) is 6.40. The van der Waals surface area contributed by atoms with E-state index in [2.05, 4.69) is 72.8 Å². The molecular weight excluding hydrogens is 240 g/mol. The largest absolute Gasteiger partial charge is 0.0845 e. The third kappa shape index (κ3) is 5.27. The van der Waals surface area contributed by atoms with E-state index >= 15 is 0 Å². The van der Waals surface area contributed by atoms with E-state index in [1.165, 1.54) is 36.8 Å². The number of hydrogen-bond donors (Lipinski definition) is 0. The maximum atomic E-state index is 2.23. The lowest BCUT2D eigenvalue weighted by molar-refractivity contribution is 0.758. The first kappa shape index (κ1) is 14.3. The van der Waals surface area contributed by atoms with E-state index in [4.69, 9.17) is 0 Å². The van der Waals surface area contributed by atoms with Gasteiger partial charge in [0.1, 0.15) is 0 Å². The van der Waals surface area contributed by atoms with Gasteiger partial charge in [0.2, 0.25) is 0 Å². The molecule has 0 aliphatic heterocycles. The number of rotatable bonds is 1. The first-order valence-corrected chi connectivity index (χ1v) is 7.39. The molecule has 0 saturated heterocycles. The van der Waals surface area contributed by atoms with Crippen LogP contribution in [0, 0.1) is 0 Å². The Morgan fingerprint density at radius 1 is 0.500 bits per heavy atom. The maximum absolute atomic E-state index is 2.23. The molecule has 0 unspecified atom stereocenters. The minimum absolute atomic E-state index is 1.27. The topological polar surface area (TPSA) is 0 Å². The van der Waals surface area contributed by atoms with Crippen LogP contribution in [0.2, 0.25) is 0 Å². The molecule has 0 heteroatoms. The predicted octanol–water partition coefficient (Wildman–Crippen LogP) is 6.03. The summed E-state index contributed by atoms with van der Waals surface area (Å²) >= 11 is 0. The Bertz CT molecular complexity index is 469. The van der Waals surface area contributed by atoms with Crippen molar-refractivity contribution in [2.45, 2.75) is 25.7 Å². The lowest BCUT2D eigenvalue weighted by Crippen LogP contribution is -1.74.